The minimum Gasteiger partial charge on any atom is -0.476 e. The molecule has 1 aromatic heterocycles. The number of nitrogens with two attached hydrogens (primary N) is 1. The lowest BCUT2D eigenvalue weighted by atomic mass is 9.99. The van der Waals surface area contributed by atoms with Crippen LogP contribution in [0.3, 0.4) is 0 Å². The third-order valence-corrected chi connectivity index (χ3v) is 3.18. The van der Waals surface area contributed by atoms with Crippen LogP contribution in [0.5, 0.6) is 5.88 Å². The van der Waals surface area contributed by atoms with Gasteiger partial charge >= 0.3 is 0 Å². The van der Waals surface area contributed by atoms with Gasteiger partial charge in [0.1, 0.15) is 5.82 Å². The van der Waals surface area contributed by atoms with Gasteiger partial charge < -0.3 is 20.1 Å². The molecule has 1 aliphatic heterocycles. The second kappa shape index (κ2) is 5.13. The second-order valence-corrected chi connectivity index (χ2v) is 6.47. The first-order chi connectivity index (χ1) is 9.22. The van der Waals surface area contributed by atoms with Crippen molar-refractivity contribution in [2.45, 2.75) is 45.8 Å². The zero-order chi connectivity index (χ0) is 15.0. The molecule has 1 saturated heterocycles. The monoisotopic (exact) mass is 279 g/mol. The standard InChI is InChI=1S/C15H25N3O2/c1-6-19-13-11(16)7-8-12(17-13)18-9-14(2,3)20-15(4,5)10-18/h7-8H,6,9-10,16H2,1-5H3. The van der Waals surface area contributed by atoms with Gasteiger partial charge in [-0.3, -0.25) is 0 Å². The van der Waals surface area contributed by atoms with E-state index in [2.05, 4.69) is 37.6 Å². The highest BCUT2D eigenvalue weighted by Crippen LogP contribution is 2.32. The molecule has 1 fully saturated rings. The van der Waals surface area contributed by atoms with E-state index in [-0.39, 0.29) is 11.2 Å². The zero-order valence-corrected chi connectivity index (χ0v) is 13.1. The topological polar surface area (TPSA) is 60.6 Å². The maximum Gasteiger partial charge on any atom is 0.239 e. The Balaban J connectivity index is 2.28. The van der Waals surface area contributed by atoms with Crippen molar-refractivity contribution in [3.63, 3.8) is 0 Å². The highest BCUT2D eigenvalue weighted by molar-refractivity contribution is 5.55. The number of morpholine rings is 1. The Morgan fingerprint density at radius 3 is 2.40 bits per heavy atom. The van der Waals surface area contributed by atoms with Gasteiger partial charge in [0.2, 0.25) is 5.88 Å². The summed E-state index contributed by atoms with van der Waals surface area (Å²) in [4.78, 5) is 6.77. The van der Waals surface area contributed by atoms with Crippen LogP contribution in [-0.2, 0) is 4.74 Å². The molecule has 0 saturated carbocycles. The van der Waals surface area contributed by atoms with Crippen molar-refractivity contribution in [2.75, 3.05) is 30.3 Å². The molecule has 0 bridgehead atoms. The third kappa shape index (κ3) is 3.33. The molecule has 2 heterocycles. The van der Waals surface area contributed by atoms with E-state index in [1.807, 2.05) is 19.1 Å². The normalized spacial score (nSPS) is 20.8. The molecule has 0 aromatic carbocycles. The van der Waals surface area contributed by atoms with E-state index in [9.17, 15) is 0 Å². The first-order valence-corrected chi connectivity index (χ1v) is 7.07. The Hall–Kier alpha value is -1.49. The number of anilines is 2. The summed E-state index contributed by atoms with van der Waals surface area (Å²) < 4.78 is 11.6. The predicted molar refractivity (Wildman–Crippen MR) is 81.3 cm³/mol. The lowest BCUT2D eigenvalue weighted by Gasteiger charge is -2.47. The van der Waals surface area contributed by atoms with Crippen LogP contribution in [0.2, 0.25) is 0 Å². The zero-order valence-electron chi connectivity index (χ0n) is 13.1. The van der Waals surface area contributed by atoms with Crippen molar-refractivity contribution in [1.82, 2.24) is 4.98 Å². The maximum atomic E-state index is 6.09. The molecule has 2 rings (SSSR count). The molecule has 2 N–H and O–H groups in total. The Bertz CT molecular complexity index is 470. The maximum absolute atomic E-state index is 6.09. The van der Waals surface area contributed by atoms with Crippen LogP contribution >= 0.6 is 0 Å². The van der Waals surface area contributed by atoms with E-state index < -0.39 is 0 Å². The summed E-state index contributed by atoms with van der Waals surface area (Å²) in [6.45, 7) is 12.5. The minimum absolute atomic E-state index is 0.212. The van der Waals surface area contributed by atoms with Crippen LogP contribution in [0.4, 0.5) is 11.5 Å². The Morgan fingerprint density at radius 1 is 1.25 bits per heavy atom. The number of ether oxygens (including phenoxy) is 2. The van der Waals surface area contributed by atoms with E-state index in [1.165, 1.54) is 0 Å². The first kappa shape index (κ1) is 14.9. The van der Waals surface area contributed by atoms with Crippen molar-refractivity contribution < 1.29 is 9.47 Å². The van der Waals surface area contributed by atoms with E-state index in [0.29, 0.717) is 18.2 Å². The van der Waals surface area contributed by atoms with Crippen molar-refractivity contribution in [2.24, 2.45) is 0 Å². The Labute approximate surface area is 121 Å². The Kier molecular flexibility index (Phi) is 3.82. The van der Waals surface area contributed by atoms with E-state index in [4.69, 9.17) is 15.2 Å². The van der Waals surface area contributed by atoms with Crippen LogP contribution in [-0.4, -0.2) is 35.9 Å². The number of hydrogen-bond acceptors (Lipinski definition) is 5. The van der Waals surface area contributed by atoms with E-state index >= 15 is 0 Å². The average Bonchev–Trinajstić information content (AvgIpc) is 2.28. The van der Waals surface area contributed by atoms with Crippen molar-refractivity contribution in [3.05, 3.63) is 12.1 Å². The van der Waals surface area contributed by atoms with Gasteiger partial charge in [-0.15, -0.1) is 0 Å². The summed E-state index contributed by atoms with van der Waals surface area (Å²) in [6, 6.07) is 3.79. The van der Waals surface area contributed by atoms with Crippen molar-refractivity contribution in [1.29, 1.82) is 0 Å². The van der Waals surface area contributed by atoms with Gasteiger partial charge in [-0.05, 0) is 46.8 Å². The number of nitrogen functional groups attached to an aromatic ring is 1. The highest BCUT2D eigenvalue weighted by atomic mass is 16.5. The predicted octanol–water partition coefficient (Wildman–Crippen LogP) is 2.46. The largest absolute Gasteiger partial charge is 0.476 e. The molecule has 0 spiro atoms. The minimum atomic E-state index is -0.212. The molecule has 5 nitrogen and oxygen atoms in total. The number of pyridine rings is 1. The summed E-state index contributed by atoms with van der Waals surface area (Å²) in [5.74, 6) is 1.39. The molecule has 0 aliphatic carbocycles. The van der Waals surface area contributed by atoms with Gasteiger partial charge in [0.05, 0.1) is 23.5 Å². The molecule has 0 radical (unpaired) electrons. The fourth-order valence-corrected chi connectivity index (χ4v) is 2.82. The lowest BCUT2D eigenvalue weighted by molar-refractivity contribution is -0.133. The fourth-order valence-electron chi connectivity index (χ4n) is 2.82. The van der Waals surface area contributed by atoms with Crippen LogP contribution in [0, 0.1) is 0 Å². The number of nitrogens with zero attached hydrogens (tertiary/aromatic N) is 2. The quantitative estimate of drug-likeness (QED) is 0.921. The van der Waals surface area contributed by atoms with E-state index in [1.54, 1.807) is 0 Å². The second-order valence-electron chi connectivity index (χ2n) is 6.47. The molecule has 112 valence electrons. The third-order valence-electron chi connectivity index (χ3n) is 3.18. The summed E-state index contributed by atoms with van der Waals surface area (Å²) in [7, 11) is 0. The molecule has 0 amide bonds. The van der Waals surface area contributed by atoms with Crippen molar-refractivity contribution >= 4 is 11.5 Å². The van der Waals surface area contributed by atoms with Gasteiger partial charge in [-0.25, -0.2) is 0 Å². The van der Waals surface area contributed by atoms with Gasteiger partial charge in [0.25, 0.3) is 0 Å². The molecule has 0 atom stereocenters. The van der Waals surface area contributed by atoms with Crippen LogP contribution in [0.25, 0.3) is 0 Å². The fraction of sp³-hybridized carbons (Fsp3) is 0.667. The molecule has 20 heavy (non-hydrogen) atoms. The molecular formula is C15H25N3O2. The van der Waals surface area contributed by atoms with Crippen molar-refractivity contribution in [3.8, 4) is 5.88 Å². The van der Waals surface area contributed by atoms with Crippen LogP contribution in [0.15, 0.2) is 12.1 Å². The number of aromatic nitrogens is 1. The summed E-state index contributed by atoms with van der Waals surface area (Å²) >= 11 is 0. The molecular weight excluding hydrogens is 254 g/mol. The molecule has 0 unspecified atom stereocenters. The molecule has 1 aliphatic rings. The highest BCUT2D eigenvalue weighted by Gasteiger charge is 2.38. The lowest BCUT2D eigenvalue weighted by Crippen LogP contribution is -2.57. The van der Waals surface area contributed by atoms with Crippen LogP contribution in [0.1, 0.15) is 34.6 Å². The number of hydrogen-bond donors (Lipinski definition) is 1. The SMILES string of the molecule is CCOc1nc(N2CC(C)(C)OC(C)(C)C2)ccc1N. The van der Waals surface area contributed by atoms with Crippen LogP contribution < -0.4 is 15.4 Å². The molecule has 1 aromatic rings. The summed E-state index contributed by atoms with van der Waals surface area (Å²) in [6.07, 6.45) is 0. The van der Waals surface area contributed by atoms with Gasteiger partial charge in [0, 0.05) is 13.1 Å². The van der Waals surface area contributed by atoms with Gasteiger partial charge in [0.15, 0.2) is 0 Å². The average molecular weight is 279 g/mol. The summed E-state index contributed by atoms with van der Waals surface area (Å²) in [5, 5.41) is 0. The van der Waals surface area contributed by atoms with Gasteiger partial charge in [-0.2, -0.15) is 4.98 Å². The summed E-state index contributed by atoms with van der Waals surface area (Å²) in [5.41, 5.74) is 6.03. The number of rotatable bonds is 3. The van der Waals surface area contributed by atoms with E-state index in [0.717, 1.165) is 18.9 Å². The first-order valence-electron chi connectivity index (χ1n) is 7.07. The Morgan fingerprint density at radius 2 is 1.85 bits per heavy atom. The van der Waals surface area contributed by atoms with Gasteiger partial charge in [-0.1, -0.05) is 0 Å². The molecule has 5 heteroatoms. The smallest absolute Gasteiger partial charge is 0.239 e.